The number of nitrogen functional groups attached to an aromatic ring is 1. The van der Waals surface area contributed by atoms with E-state index in [1.165, 1.54) is 23.6 Å². The van der Waals surface area contributed by atoms with Crippen molar-refractivity contribution in [2.24, 2.45) is 5.92 Å². The lowest BCUT2D eigenvalue weighted by atomic mass is 10.1. The molecule has 20 heavy (non-hydrogen) atoms. The van der Waals surface area contributed by atoms with Crippen molar-refractivity contribution in [2.45, 2.75) is 13.3 Å². The predicted molar refractivity (Wildman–Crippen MR) is 80.1 cm³/mol. The zero-order valence-corrected chi connectivity index (χ0v) is 12.9. The summed E-state index contributed by atoms with van der Waals surface area (Å²) in [5, 5.41) is 0.134. The topological polar surface area (TPSA) is 89.2 Å². The van der Waals surface area contributed by atoms with Crippen molar-refractivity contribution in [1.29, 1.82) is 0 Å². The average molecular weight is 335 g/mol. The minimum atomic E-state index is -0.115. The second-order valence-corrected chi connectivity index (χ2v) is 6.30. The lowest BCUT2D eigenvalue weighted by Gasteiger charge is -2.18. The second kappa shape index (κ2) is 6.15. The molecule has 2 N–H and O–H groups in total. The van der Waals surface area contributed by atoms with Gasteiger partial charge in [-0.1, -0.05) is 35.0 Å². The Morgan fingerprint density at radius 2 is 2.05 bits per heavy atom. The highest BCUT2D eigenvalue weighted by molar-refractivity contribution is 8.13. The van der Waals surface area contributed by atoms with Crippen LogP contribution in [-0.4, -0.2) is 33.3 Å². The van der Waals surface area contributed by atoms with E-state index < -0.39 is 0 Å². The van der Waals surface area contributed by atoms with Gasteiger partial charge >= 0.3 is 0 Å². The normalized spacial score (nSPS) is 18.6. The summed E-state index contributed by atoms with van der Waals surface area (Å²) in [4.78, 5) is 32.1. The van der Waals surface area contributed by atoms with Crippen LogP contribution in [0.1, 0.15) is 13.3 Å². The zero-order valence-electron chi connectivity index (χ0n) is 10.6. The van der Waals surface area contributed by atoms with E-state index in [0.29, 0.717) is 18.7 Å². The van der Waals surface area contributed by atoms with E-state index in [1.807, 2.05) is 0 Å². The molecule has 1 unspecified atom stereocenters. The van der Waals surface area contributed by atoms with Gasteiger partial charge in [-0.2, -0.15) is 9.97 Å². The van der Waals surface area contributed by atoms with Gasteiger partial charge in [0.15, 0.2) is 15.4 Å². The van der Waals surface area contributed by atoms with Crippen LogP contribution < -0.4 is 10.6 Å². The van der Waals surface area contributed by atoms with Crippen LogP contribution in [0.5, 0.6) is 0 Å². The largest absolute Gasteiger partial charge is 0.368 e. The zero-order chi connectivity index (χ0) is 14.9. The predicted octanol–water partition coefficient (Wildman–Crippen LogP) is 2.00. The van der Waals surface area contributed by atoms with Gasteiger partial charge in [-0.25, -0.2) is 0 Å². The molecule has 1 aromatic heterocycles. The number of nitrogens with zero attached hydrogens (tertiary/aromatic N) is 3. The van der Waals surface area contributed by atoms with Gasteiger partial charge in [0.2, 0.25) is 11.9 Å². The highest BCUT2D eigenvalue weighted by Gasteiger charge is 2.34. The van der Waals surface area contributed by atoms with Crippen molar-refractivity contribution in [2.75, 3.05) is 22.9 Å². The van der Waals surface area contributed by atoms with Crippen molar-refractivity contribution < 1.29 is 9.59 Å². The first-order valence-corrected chi connectivity index (χ1v) is 7.55. The molecule has 1 atom stereocenters. The molecule has 0 spiro atoms. The molecular weight excluding hydrogens is 323 g/mol. The van der Waals surface area contributed by atoms with Crippen molar-refractivity contribution in [3.8, 4) is 0 Å². The third-order valence-electron chi connectivity index (χ3n) is 2.81. The van der Waals surface area contributed by atoms with Crippen molar-refractivity contribution in [3.05, 3.63) is 10.3 Å². The first-order chi connectivity index (χ1) is 9.38. The van der Waals surface area contributed by atoms with Crippen LogP contribution in [0.2, 0.25) is 10.3 Å². The summed E-state index contributed by atoms with van der Waals surface area (Å²) in [5.41, 5.74) is 5.72. The Morgan fingerprint density at radius 3 is 2.60 bits per heavy atom. The molecule has 0 saturated carbocycles. The van der Waals surface area contributed by atoms with E-state index >= 15 is 0 Å². The Kier molecular flexibility index (Phi) is 4.72. The molecule has 1 fully saturated rings. The van der Waals surface area contributed by atoms with E-state index in [1.54, 1.807) is 0 Å². The highest BCUT2D eigenvalue weighted by Crippen LogP contribution is 2.36. The fraction of sp³-hybridized carbons (Fsp3) is 0.455. The second-order valence-electron chi connectivity index (χ2n) is 4.39. The Hall–Kier alpha value is -1.05. The molecule has 1 saturated heterocycles. The molecule has 6 nitrogen and oxygen atoms in total. The van der Waals surface area contributed by atoms with Gasteiger partial charge in [-0.05, 0) is 5.92 Å². The van der Waals surface area contributed by atoms with Crippen molar-refractivity contribution in [3.63, 3.8) is 0 Å². The molecule has 2 rings (SSSR count). The minimum absolute atomic E-state index is 0.0304. The Bertz CT molecular complexity index is 546. The number of rotatable bonds is 3. The fourth-order valence-electron chi connectivity index (χ4n) is 1.98. The summed E-state index contributed by atoms with van der Waals surface area (Å²) in [6.45, 7) is 1.94. The lowest BCUT2D eigenvalue weighted by Crippen LogP contribution is -2.26. The first kappa shape index (κ1) is 15.3. The van der Waals surface area contributed by atoms with E-state index in [2.05, 4.69) is 9.97 Å². The highest BCUT2D eigenvalue weighted by atomic mass is 35.5. The Labute approximate surface area is 130 Å². The number of anilines is 2. The molecular formula is C11H12Cl2N4O2S. The number of carbonyl (C=O) groups excluding carboxylic acids is 2. The van der Waals surface area contributed by atoms with Crippen LogP contribution in [0.3, 0.4) is 0 Å². The van der Waals surface area contributed by atoms with Gasteiger partial charge in [0.25, 0.3) is 0 Å². The third-order valence-corrected chi connectivity index (χ3v) is 4.39. The minimum Gasteiger partial charge on any atom is -0.368 e. The van der Waals surface area contributed by atoms with Crippen LogP contribution in [0.15, 0.2) is 0 Å². The van der Waals surface area contributed by atoms with Crippen LogP contribution in [-0.2, 0) is 9.59 Å². The maximum absolute atomic E-state index is 12.0. The number of hydrogen-bond acceptors (Lipinski definition) is 6. The van der Waals surface area contributed by atoms with Gasteiger partial charge in [0.05, 0.1) is 0 Å². The van der Waals surface area contributed by atoms with Gasteiger partial charge in [-0.3, -0.25) is 9.59 Å². The number of amides is 1. The lowest BCUT2D eigenvalue weighted by molar-refractivity contribution is -0.117. The molecule has 1 aliphatic rings. The molecule has 1 amide bonds. The quantitative estimate of drug-likeness (QED) is 0.850. The standard InChI is InChI=1S/C11H12Cl2N4O2S/c1-5(18)20-4-6-2-7(19)17(3-6)8-9(12)15-11(14)16-10(8)13/h6H,2-4H2,1H3,(H2,14,15,16). The van der Waals surface area contributed by atoms with E-state index in [-0.39, 0.29) is 38.9 Å². The summed E-state index contributed by atoms with van der Waals surface area (Å²) < 4.78 is 0. The van der Waals surface area contributed by atoms with E-state index in [9.17, 15) is 9.59 Å². The molecule has 9 heteroatoms. The average Bonchev–Trinajstić information content (AvgIpc) is 2.67. The summed E-state index contributed by atoms with van der Waals surface area (Å²) >= 11 is 13.2. The number of halogens is 2. The molecule has 0 bridgehead atoms. The summed E-state index contributed by atoms with van der Waals surface area (Å²) in [7, 11) is 0. The monoisotopic (exact) mass is 334 g/mol. The smallest absolute Gasteiger partial charge is 0.227 e. The van der Waals surface area contributed by atoms with Crippen LogP contribution >= 0.6 is 35.0 Å². The summed E-state index contributed by atoms with van der Waals surface area (Å²) in [5.74, 6) is 0.499. The molecule has 1 aliphatic heterocycles. The number of nitrogens with two attached hydrogens (primary N) is 1. The van der Waals surface area contributed by atoms with Crippen LogP contribution in [0.4, 0.5) is 11.6 Å². The van der Waals surface area contributed by atoms with Crippen LogP contribution in [0.25, 0.3) is 0 Å². The Morgan fingerprint density at radius 1 is 1.45 bits per heavy atom. The maximum atomic E-state index is 12.0. The van der Waals surface area contributed by atoms with Crippen molar-refractivity contribution in [1.82, 2.24) is 9.97 Å². The van der Waals surface area contributed by atoms with Gasteiger partial charge < -0.3 is 10.6 Å². The fourth-order valence-corrected chi connectivity index (χ4v) is 3.28. The molecule has 1 aromatic rings. The third kappa shape index (κ3) is 3.34. The van der Waals surface area contributed by atoms with Gasteiger partial charge in [0.1, 0.15) is 5.69 Å². The van der Waals surface area contributed by atoms with E-state index in [4.69, 9.17) is 28.9 Å². The summed E-state index contributed by atoms with van der Waals surface area (Å²) in [6, 6.07) is 0. The molecule has 0 aromatic carbocycles. The number of aromatic nitrogens is 2. The Balaban J connectivity index is 2.18. The van der Waals surface area contributed by atoms with Crippen LogP contribution in [0, 0.1) is 5.92 Å². The number of carbonyl (C=O) groups is 2. The first-order valence-electron chi connectivity index (χ1n) is 5.80. The summed E-state index contributed by atoms with van der Waals surface area (Å²) in [6.07, 6.45) is 0.345. The van der Waals surface area contributed by atoms with Gasteiger partial charge in [0, 0.05) is 25.6 Å². The number of hydrogen-bond donors (Lipinski definition) is 1. The number of thioether (sulfide) groups is 1. The molecule has 108 valence electrons. The van der Waals surface area contributed by atoms with Gasteiger partial charge in [-0.15, -0.1) is 0 Å². The van der Waals surface area contributed by atoms with E-state index in [0.717, 1.165) is 0 Å². The maximum Gasteiger partial charge on any atom is 0.227 e. The molecule has 0 radical (unpaired) electrons. The molecule has 2 heterocycles. The SMILES string of the molecule is CC(=O)SCC1CC(=O)N(c2c(Cl)nc(N)nc2Cl)C1. The van der Waals surface area contributed by atoms with Crippen molar-refractivity contribution >= 4 is 57.6 Å². The molecule has 0 aliphatic carbocycles.